The fraction of sp³-hybridized carbons (Fsp3) is 0.333. The van der Waals surface area contributed by atoms with Crippen LogP contribution < -0.4 is 0 Å². The molecule has 96 valence electrons. The number of hydrogen-bond donors (Lipinski definition) is 1. The van der Waals surface area contributed by atoms with Gasteiger partial charge in [-0.2, -0.15) is 10.5 Å². The van der Waals surface area contributed by atoms with Crippen molar-refractivity contribution in [2.45, 2.75) is 32.4 Å². The average Bonchev–Trinajstić information content (AvgIpc) is 2.78. The van der Waals surface area contributed by atoms with Gasteiger partial charge in [-0.3, -0.25) is 0 Å². The molecule has 0 spiro atoms. The molecule has 0 radical (unpaired) electrons. The number of hydrogen-bond acceptors (Lipinski definition) is 3. The van der Waals surface area contributed by atoms with E-state index in [9.17, 15) is 10.4 Å². The topological polar surface area (TPSA) is 72.7 Å². The van der Waals surface area contributed by atoms with Crippen LogP contribution in [0, 0.1) is 22.7 Å². The molecule has 0 aliphatic heterocycles. The van der Waals surface area contributed by atoms with Crippen LogP contribution in [0.25, 0.3) is 10.9 Å². The van der Waals surface area contributed by atoms with Crippen molar-refractivity contribution in [2.24, 2.45) is 0 Å². The zero-order chi connectivity index (χ0) is 14.2. The molecule has 1 aromatic heterocycles. The van der Waals surface area contributed by atoms with Crippen LogP contribution in [0.1, 0.15) is 37.9 Å². The Morgan fingerprint density at radius 3 is 2.42 bits per heavy atom. The van der Waals surface area contributed by atoms with Gasteiger partial charge in [-0.1, -0.05) is 0 Å². The van der Waals surface area contributed by atoms with Crippen molar-refractivity contribution in [1.29, 1.82) is 10.5 Å². The highest BCUT2D eigenvalue weighted by atomic mass is 16.3. The maximum atomic E-state index is 10.1. The number of aliphatic hydroxyl groups is 1. The van der Waals surface area contributed by atoms with Gasteiger partial charge in [0.05, 0.1) is 22.8 Å². The van der Waals surface area contributed by atoms with Crippen LogP contribution in [0.3, 0.4) is 0 Å². The fourth-order valence-corrected chi connectivity index (χ4v) is 2.13. The summed E-state index contributed by atoms with van der Waals surface area (Å²) in [5, 5.41) is 29.1. The number of aromatic nitrogens is 1. The number of fused-ring (bicyclic) bond motifs is 1. The van der Waals surface area contributed by atoms with Gasteiger partial charge in [0.25, 0.3) is 0 Å². The summed E-state index contributed by atoms with van der Waals surface area (Å²) in [6.07, 6.45) is 1.84. The summed E-state index contributed by atoms with van der Waals surface area (Å²) in [7, 11) is 0. The summed E-state index contributed by atoms with van der Waals surface area (Å²) >= 11 is 0. The van der Waals surface area contributed by atoms with E-state index in [2.05, 4.69) is 6.07 Å². The normalized spacial score (nSPS) is 12.9. The lowest BCUT2D eigenvalue weighted by molar-refractivity contribution is 0.0322. The van der Waals surface area contributed by atoms with Gasteiger partial charge in [0, 0.05) is 17.1 Å². The van der Waals surface area contributed by atoms with Crippen molar-refractivity contribution in [3.63, 3.8) is 0 Å². The van der Waals surface area contributed by atoms with Crippen LogP contribution in [0.5, 0.6) is 0 Å². The number of rotatable bonds is 2. The molecule has 1 heterocycles. The monoisotopic (exact) mass is 253 g/mol. The van der Waals surface area contributed by atoms with Crippen LogP contribution in [0.2, 0.25) is 0 Å². The minimum absolute atomic E-state index is 0.135. The van der Waals surface area contributed by atoms with Crippen LogP contribution in [0.15, 0.2) is 24.4 Å². The van der Waals surface area contributed by atoms with E-state index in [1.807, 2.05) is 35.9 Å². The first-order chi connectivity index (χ1) is 8.90. The predicted octanol–water partition coefficient (Wildman–Crippen LogP) is 2.72. The van der Waals surface area contributed by atoms with Gasteiger partial charge < -0.3 is 9.67 Å². The molecule has 0 aliphatic rings. The van der Waals surface area contributed by atoms with Crippen molar-refractivity contribution >= 4 is 10.9 Å². The molecule has 4 heteroatoms. The first-order valence-electron chi connectivity index (χ1n) is 6.06. The molecule has 2 aromatic rings. The molecule has 0 saturated carbocycles. The van der Waals surface area contributed by atoms with Gasteiger partial charge in [0.15, 0.2) is 0 Å². The van der Waals surface area contributed by atoms with Crippen molar-refractivity contribution in [3.8, 4) is 12.1 Å². The van der Waals surface area contributed by atoms with E-state index in [1.165, 1.54) is 0 Å². The summed E-state index contributed by atoms with van der Waals surface area (Å²) in [4.78, 5) is 0. The highest BCUT2D eigenvalue weighted by Crippen LogP contribution is 2.29. The van der Waals surface area contributed by atoms with Crippen molar-refractivity contribution in [1.82, 2.24) is 4.57 Å². The second-order valence-electron chi connectivity index (χ2n) is 5.20. The first kappa shape index (κ1) is 13.1. The van der Waals surface area contributed by atoms with Gasteiger partial charge in [-0.25, -0.2) is 0 Å². The molecular formula is C15H15N3O. The number of nitriles is 2. The summed E-state index contributed by atoms with van der Waals surface area (Å²) in [5.74, 6) is 0. The Labute approximate surface area is 112 Å². The van der Waals surface area contributed by atoms with E-state index in [-0.39, 0.29) is 6.04 Å². The molecule has 1 atom stereocenters. The minimum Gasteiger partial charge on any atom is -0.388 e. The fourth-order valence-electron chi connectivity index (χ4n) is 2.13. The standard InChI is InChI=1S/C15H15N3O/c1-10(15(2,3)19)18-7-6-12-13(9-17)11(8-16)4-5-14(12)18/h4-7,10,19H,1-3H3. The maximum Gasteiger partial charge on any atom is 0.101 e. The van der Waals surface area contributed by atoms with Crippen molar-refractivity contribution in [2.75, 3.05) is 0 Å². The summed E-state index contributed by atoms with van der Waals surface area (Å²) < 4.78 is 1.93. The predicted molar refractivity (Wildman–Crippen MR) is 72.4 cm³/mol. The molecule has 2 rings (SSSR count). The van der Waals surface area contributed by atoms with E-state index >= 15 is 0 Å². The van der Waals surface area contributed by atoms with Crippen molar-refractivity contribution < 1.29 is 5.11 Å². The highest BCUT2D eigenvalue weighted by molar-refractivity contribution is 5.88. The molecular weight excluding hydrogens is 238 g/mol. The smallest absolute Gasteiger partial charge is 0.101 e. The molecule has 0 amide bonds. The lowest BCUT2D eigenvalue weighted by Gasteiger charge is -2.28. The molecule has 4 nitrogen and oxygen atoms in total. The van der Waals surface area contributed by atoms with E-state index in [1.54, 1.807) is 19.9 Å². The molecule has 1 aromatic carbocycles. The van der Waals surface area contributed by atoms with Crippen molar-refractivity contribution in [3.05, 3.63) is 35.5 Å². The average molecular weight is 253 g/mol. The molecule has 1 N–H and O–H groups in total. The van der Waals surface area contributed by atoms with Crippen LogP contribution in [-0.4, -0.2) is 15.3 Å². The first-order valence-corrected chi connectivity index (χ1v) is 6.06. The van der Waals surface area contributed by atoms with E-state index in [4.69, 9.17) is 5.26 Å². The largest absolute Gasteiger partial charge is 0.388 e. The number of benzene rings is 1. The Morgan fingerprint density at radius 2 is 1.89 bits per heavy atom. The second-order valence-corrected chi connectivity index (χ2v) is 5.20. The Bertz CT molecular complexity index is 708. The minimum atomic E-state index is -0.868. The number of nitrogens with zero attached hydrogens (tertiary/aromatic N) is 3. The molecule has 0 aliphatic carbocycles. The van der Waals surface area contributed by atoms with Gasteiger partial charge >= 0.3 is 0 Å². The van der Waals surface area contributed by atoms with Crippen LogP contribution in [0.4, 0.5) is 0 Å². The Hall–Kier alpha value is -2.30. The second kappa shape index (κ2) is 4.42. The SMILES string of the molecule is CC(n1ccc2c(C#N)c(C#N)ccc21)C(C)(C)O. The lowest BCUT2D eigenvalue weighted by atomic mass is 10.00. The summed E-state index contributed by atoms with van der Waals surface area (Å²) in [6.45, 7) is 5.42. The highest BCUT2D eigenvalue weighted by Gasteiger charge is 2.25. The van der Waals surface area contributed by atoms with Gasteiger partial charge in [-0.15, -0.1) is 0 Å². The van der Waals surface area contributed by atoms with E-state index < -0.39 is 5.60 Å². The van der Waals surface area contributed by atoms with E-state index in [0.29, 0.717) is 11.1 Å². The summed E-state index contributed by atoms with van der Waals surface area (Å²) in [5.41, 5.74) is 0.752. The van der Waals surface area contributed by atoms with Gasteiger partial charge in [0.2, 0.25) is 0 Å². The van der Waals surface area contributed by atoms with Crippen LogP contribution >= 0.6 is 0 Å². The van der Waals surface area contributed by atoms with Gasteiger partial charge in [0.1, 0.15) is 12.1 Å². The summed E-state index contributed by atoms with van der Waals surface area (Å²) in [6, 6.07) is 9.25. The molecule has 0 fully saturated rings. The Morgan fingerprint density at radius 1 is 1.21 bits per heavy atom. The third-order valence-corrected chi connectivity index (χ3v) is 3.57. The Balaban J connectivity index is 2.71. The molecule has 0 bridgehead atoms. The molecule has 19 heavy (non-hydrogen) atoms. The third kappa shape index (κ3) is 2.07. The third-order valence-electron chi connectivity index (χ3n) is 3.57. The zero-order valence-electron chi connectivity index (χ0n) is 11.2. The Kier molecular flexibility index (Phi) is 3.06. The van der Waals surface area contributed by atoms with Crippen LogP contribution in [-0.2, 0) is 0 Å². The molecule has 1 unspecified atom stereocenters. The van der Waals surface area contributed by atoms with E-state index in [0.717, 1.165) is 10.9 Å². The van der Waals surface area contributed by atoms with Gasteiger partial charge in [-0.05, 0) is 39.0 Å². The quantitative estimate of drug-likeness (QED) is 0.894. The lowest BCUT2D eigenvalue weighted by Crippen LogP contribution is -2.30. The molecule has 0 saturated heterocycles. The zero-order valence-corrected chi connectivity index (χ0v) is 11.2. The maximum absolute atomic E-state index is 10.1.